The molecule has 16 heavy (non-hydrogen) atoms. The first-order valence-corrected chi connectivity index (χ1v) is 4.63. The van der Waals surface area contributed by atoms with Crippen molar-refractivity contribution in [1.29, 1.82) is 0 Å². The van der Waals surface area contributed by atoms with Crippen LogP contribution in [0.3, 0.4) is 0 Å². The monoisotopic (exact) mass is 248 g/mol. The van der Waals surface area contributed by atoms with E-state index in [2.05, 4.69) is 9.99 Å². The third-order valence-electron chi connectivity index (χ3n) is 1.55. The fraction of sp³-hybridized carbons (Fsp3) is 0.111. The maximum absolute atomic E-state index is 13.1. The highest BCUT2D eigenvalue weighted by Crippen LogP contribution is 2.13. The summed E-state index contributed by atoms with van der Waals surface area (Å²) in [5, 5.41) is 3.08. The van der Waals surface area contributed by atoms with Crippen molar-refractivity contribution in [3.63, 3.8) is 0 Å². The molecule has 0 amide bonds. The van der Waals surface area contributed by atoms with Gasteiger partial charge < -0.3 is 10.6 Å². The number of benzene rings is 1. The molecule has 0 unspecified atom stereocenters. The Balaban J connectivity index is 2.89. The summed E-state index contributed by atoms with van der Waals surface area (Å²) in [5.41, 5.74) is 4.30. The molecule has 2 N–H and O–H groups in total. The molecule has 0 radical (unpaired) electrons. The Morgan fingerprint density at radius 2 is 2.00 bits per heavy atom. The molecule has 0 saturated carbocycles. The first-order valence-electron chi connectivity index (χ1n) is 4.10. The van der Waals surface area contributed by atoms with Gasteiger partial charge in [0.25, 0.3) is 0 Å². The zero-order valence-corrected chi connectivity index (χ0v) is 8.67. The van der Waals surface area contributed by atoms with E-state index in [0.29, 0.717) is 0 Å². The van der Waals surface area contributed by atoms with Gasteiger partial charge in [0.2, 0.25) is 0 Å². The molecule has 0 fully saturated rings. The van der Waals surface area contributed by atoms with Crippen molar-refractivity contribution in [3.05, 3.63) is 35.4 Å². The summed E-state index contributed by atoms with van der Waals surface area (Å²) in [6, 6.07) is 2.97. The van der Waals surface area contributed by atoms with Crippen molar-refractivity contribution in [3.8, 4) is 0 Å². The van der Waals surface area contributed by atoms with E-state index in [1.807, 2.05) is 0 Å². The molecule has 0 spiro atoms. The van der Waals surface area contributed by atoms with Gasteiger partial charge in [-0.05, 0) is 12.1 Å². The van der Waals surface area contributed by atoms with Crippen LogP contribution in [-0.2, 0) is 4.84 Å². The van der Waals surface area contributed by atoms with E-state index in [1.54, 1.807) is 0 Å². The minimum Gasteiger partial charge on any atom is -0.383 e. The van der Waals surface area contributed by atoms with E-state index in [-0.39, 0.29) is 11.7 Å². The van der Waals surface area contributed by atoms with Crippen molar-refractivity contribution in [2.75, 3.05) is 5.88 Å². The molecule has 86 valence electrons. The minimum atomic E-state index is -1.27. The summed E-state index contributed by atoms with van der Waals surface area (Å²) in [4.78, 5) is 15.4. The third kappa shape index (κ3) is 2.90. The average Bonchev–Trinajstić information content (AvgIpc) is 2.25. The largest absolute Gasteiger partial charge is 0.383 e. The Kier molecular flexibility index (Phi) is 4.19. The van der Waals surface area contributed by atoms with E-state index < -0.39 is 23.2 Å². The Labute approximate surface area is 94.6 Å². The van der Waals surface area contributed by atoms with Gasteiger partial charge >= 0.3 is 5.97 Å². The number of hydrogen-bond acceptors (Lipinski definition) is 3. The molecule has 0 saturated heterocycles. The summed E-state index contributed by atoms with van der Waals surface area (Å²) in [5.74, 6) is -3.68. The highest BCUT2D eigenvalue weighted by molar-refractivity contribution is 6.27. The number of nitrogens with two attached hydrogens (primary N) is 1. The molecular weight excluding hydrogens is 242 g/mol. The van der Waals surface area contributed by atoms with Crippen LogP contribution in [-0.4, -0.2) is 17.7 Å². The van der Waals surface area contributed by atoms with Crippen molar-refractivity contribution >= 4 is 23.4 Å². The minimum absolute atomic E-state index is 0.160. The lowest BCUT2D eigenvalue weighted by Gasteiger charge is -2.01. The Bertz CT molecular complexity index is 417. The number of rotatable bonds is 3. The molecule has 0 aliphatic carbocycles. The van der Waals surface area contributed by atoms with Crippen LogP contribution in [0.25, 0.3) is 0 Å². The first-order chi connectivity index (χ1) is 7.56. The molecular formula is C9H7ClF2N2O2. The number of halogens is 3. The zero-order chi connectivity index (χ0) is 12.1. The summed E-state index contributed by atoms with van der Waals surface area (Å²) in [6.07, 6.45) is 0. The van der Waals surface area contributed by atoms with Gasteiger partial charge in [0.05, 0.1) is 5.88 Å². The zero-order valence-electron chi connectivity index (χ0n) is 7.91. The smallest absolute Gasteiger partial charge is 0.371 e. The topological polar surface area (TPSA) is 64.7 Å². The third-order valence-corrected chi connectivity index (χ3v) is 1.82. The predicted octanol–water partition coefficient (Wildman–Crippen LogP) is 1.63. The lowest BCUT2D eigenvalue weighted by atomic mass is 10.2. The Morgan fingerprint density at radius 1 is 1.44 bits per heavy atom. The molecule has 1 aromatic rings. The van der Waals surface area contributed by atoms with Gasteiger partial charge in [-0.1, -0.05) is 11.2 Å². The van der Waals surface area contributed by atoms with Crippen LogP contribution in [0.15, 0.2) is 23.4 Å². The van der Waals surface area contributed by atoms with Crippen LogP contribution in [0.4, 0.5) is 8.78 Å². The molecule has 0 aliphatic rings. The molecule has 0 heterocycles. The second-order valence-electron chi connectivity index (χ2n) is 2.69. The highest BCUT2D eigenvalue weighted by Gasteiger charge is 2.18. The maximum atomic E-state index is 13.1. The first kappa shape index (κ1) is 12.4. The molecule has 7 heteroatoms. The molecule has 0 atom stereocenters. The average molecular weight is 249 g/mol. The molecule has 1 aromatic carbocycles. The van der Waals surface area contributed by atoms with E-state index >= 15 is 0 Å². The number of carbonyl (C=O) groups is 1. The fourth-order valence-electron chi connectivity index (χ4n) is 0.863. The van der Waals surface area contributed by atoms with Gasteiger partial charge in [-0.3, -0.25) is 0 Å². The lowest BCUT2D eigenvalue weighted by Crippen LogP contribution is -2.16. The second kappa shape index (κ2) is 5.41. The van der Waals surface area contributed by atoms with Gasteiger partial charge in [0.15, 0.2) is 5.84 Å². The quantitative estimate of drug-likeness (QED) is 0.291. The van der Waals surface area contributed by atoms with E-state index in [1.165, 1.54) is 0 Å². The number of hydrogen-bond donors (Lipinski definition) is 1. The van der Waals surface area contributed by atoms with Crippen LogP contribution in [0.5, 0.6) is 0 Å². The normalized spacial score (nSPS) is 11.3. The highest BCUT2D eigenvalue weighted by atomic mass is 35.5. The van der Waals surface area contributed by atoms with Gasteiger partial charge in [-0.15, -0.1) is 11.6 Å². The fourth-order valence-corrected chi connectivity index (χ4v) is 0.912. The van der Waals surface area contributed by atoms with E-state index in [4.69, 9.17) is 17.3 Å². The SMILES string of the molecule is N/C(CCl)=N/OC(=O)c1c(F)cccc1F. The number of nitrogens with zero attached hydrogens (tertiary/aromatic N) is 1. The van der Waals surface area contributed by atoms with Crippen molar-refractivity contribution in [1.82, 2.24) is 0 Å². The molecule has 1 rings (SSSR count). The standard InChI is InChI=1S/C9H7ClF2N2O2/c10-4-7(13)14-16-9(15)8-5(11)2-1-3-6(8)12/h1-3H,4H2,(H2,13,14). The van der Waals surface area contributed by atoms with Gasteiger partial charge in [0.1, 0.15) is 17.2 Å². The predicted molar refractivity (Wildman–Crippen MR) is 54.1 cm³/mol. The van der Waals surface area contributed by atoms with Crippen LogP contribution in [0.2, 0.25) is 0 Å². The van der Waals surface area contributed by atoms with Crippen molar-refractivity contribution in [2.45, 2.75) is 0 Å². The van der Waals surface area contributed by atoms with Crippen LogP contribution in [0, 0.1) is 11.6 Å². The lowest BCUT2D eigenvalue weighted by molar-refractivity contribution is 0.0504. The summed E-state index contributed by atoms with van der Waals surface area (Å²) < 4.78 is 26.1. The summed E-state index contributed by atoms with van der Waals surface area (Å²) in [6.45, 7) is 0. The van der Waals surface area contributed by atoms with Crippen LogP contribution in [0.1, 0.15) is 10.4 Å². The van der Waals surface area contributed by atoms with Gasteiger partial charge in [-0.25, -0.2) is 13.6 Å². The van der Waals surface area contributed by atoms with Crippen molar-refractivity contribution in [2.24, 2.45) is 10.9 Å². The molecule has 0 aromatic heterocycles. The molecule has 4 nitrogen and oxygen atoms in total. The number of amidine groups is 1. The van der Waals surface area contributed by atoms with Gasteiger partial charge in [0, 0.05) is 0 Å². The Hall–Kier alpha value is -1.69. The van der Waals surface area contributed by atoms with Gasteiger partial charge in [-0.2, -0.15) is 0 Å². The Morgan fingerprint density at radius 3 is 2.50 bits per heavy atom. The maximum Gasteiger partial charge on any atom is 0.371 e. The molecule has 0 aliphatic heterocycles. The van der Waals surface area contributed by atoms with Crippen molar-refractivity contribution < 1.29 is 18.4 Å². The number of carbonyl (C=O) groups excluding carboxylic acids is 1. The summed E-state index contributed by atoms with van der Waals surface area (Å²) in [7, 11) is 0. The van der Waals surface area contributed by atoms with Crippen LogP contribution >= 0.6 is 11.6 Å². The molecule has 0 bridgehead atoms. The summed E-state index contributed by atoms with van der Waals surface area (Å²) >= 11 is 5.25. The van der Waals surface area contributed by atoms with E-state index in [9.17, 15) is 13.6 Å². The number of oxime groups is 1. The van der Waals surface area contributed by atoms with Crippen LogP contribution < -0.4 is 5.73 Å². The number of alkyl halides is 1. The second-order valence-corrected chi connectivity index (χ2v) is 2.96. The van der Waals surface area contributed by atoms with E-state index in [0.717, 1.165) is 18.2 Å².